The predicted molar refractivity (Wildman–Crippen MR) is 22.4 cm³/mol. The maximum Gasteiger partial charge on any atom is 0.0766 e. The Labute approximate surface area is 36.0 Å². The molecule has 0 fully saturated rings. The molecule has 0 aromatic rings. The van der Waals surface area contributed by atoms with Gasteiger partial charge in [-0.1, -0.05) is 0 Å². The number of nitrogens with two attached hydrogens (primary N) is 3. The van der Waals surface area contributed by atoms with Crippen molar-refractivity contribution < 1.29 is 0 Å². The first-order chi connectivity index (χ1) is 2.81. The average Bonchev–Trinajstić information content (AvgIpc) is 1.65. The highest BCUT2D eigenvalue weighted by Crippen LogP contribution is 1.46. The Morgan fingerprint density at radius 3 is 2.17 bits per heavy atom. The van der Waals surface area contributed by atoms with Crippen molar-refractivity contribution >= 4 is 0 Å². The van der Waals surface area contributed by atoms with Crippen LogP contribution in [0.4, 0.5) is 0 Å². The molecule has 38 valence electrons. The van der Waals surface area contributed by atoms with Gasteiger partial charge < -0.3 is 5.73 Å². The molecule has 0 radical (unpaired) electrons. The number of nitrogens with zero attached hydrogens (tertiary/aromatic N) is 1. The minimum atomic E-state index is 0.205. The molecule has 5 nitrogen and oxygen atoms in total. The van der Waals surface area contributed by atoms with Crippen molar-refractivity contribution in [2.24, 2.45) is 17.4 Å². The van der Waals surface area contributed by atoms with Crippen molar-refractivity contribution in [1.29, 1.82) is 0 Å². The summed E-state index contributed by atoms with van der Waals surface area (Å²) in [5.41, 5.74) is 7.04. The summed E-state index contributed by atoms with van der Waals surface area (Å²) in [6, 6.07) is 0. The number of rotatable bonds is 2. The highest BCUT2D eigenvalue weighted by molar-refractivity contribution is 4.17. The van der Waals surface area contributed by atoms with Gasteiger partial charge in [0.15, 0.2) is 0 Å². The third-order valence-electron chi connectivity index (χ3n) is 0.363. The first-order valence-corrected chi connectivity index (χ1v) is 1.49. The summed E-state index contributed by atoms with van der Waals surface area (Å²) in [7, 11) is 0. The van der Waals surface area contributed by atoms with Crippen LogP contribution in [0.2, 0.25) is 0 Å². The van der Waals surface area contributed by atoms with Crippen molar-refractivity contribution in [3.8, 4) is 0 Å². The van der Waals surface area contributed by atoms with Gasteiger partial charge in [0, 0.05) is 0 Å². The SMILES string of the molecule is NCN(N)NN. The molecule has 6 heavy (non-hydrogen) atoms. The number of hydrogen-bond donors (Lipinski definition) is 4. The van der Waals surface area contributed by atoms with Crippen LogP contribution in [0, 0.1) is 0 Å². The summed E-state index contributed by atoms with van der Waals surface area (Å²) < 4.78 is 0. The lowest BCUT2D eigenvalue weighted by molar-refractivity contribution is 0.200. The van der Waals surface area contributed by atoms with Crippen LogP contribution in [-0.2, 0) is 0 Å². The minimum absolute atomic E-state index is 0.205. The fourth-order valence-electron chi connectivity index (χ4n) is 0.0527. The lowest BCUT2D eigenvalue weighted by Crippen LogP contribution is -2.50. The normalized spacial score (nSPS) is 10.0. The Bertz CT molecular complexity index is 23.1. The van der Waals surface area contributed by atoms with Crippen LogP contribution in [0.25, 0.3) is 0 Å². The van der Waals surface area contributed by atoms with E-state index in [9.17, 15) is 0 Å². The molecule has 0 spiro atoms. The van der Waals surface area contributed by atoms with Gasteiger partial charge in [-0.2, -0.15) is 10.7 Å². The van der Waals surface area contributed by atoms with E-state index in [1.54, 1.807) is 0 Å². The molecule has 0 aromatic carbocycles. The van der Waals surface area contributed by atoms with Gasteiger partial charge >= 0.3 is 0 Å². The number of hydrogen-bond acceptors (Lipinski definition) is 5. The Hall–Kier alpha value is -0.200. The molecule has 0 atom stereocenters. The first kappa shape index (κ1) is 5.80. The summed E-state index contributed by atoms with van der Waals surface area (Å²) in [6.07, 6.45) is 0. The Kier molecular flexibility index (Phi) is 2.91. The molecule has 0 aliphatic rings. The molecule has 0 aromatic heterocycles. The summed E-state index contributed by atoms with van der Waals surface area (Å²) in [5, 5.41) is 1.06. The third kappa shape index (κ3) is 2.06. The van der Waals surface area contributed by atoms with Gasteiger partial charge in [-0.15, -0.1) is 0 Å². The van der Waals surface area contributed by atoms with Crippen molar-refractivity contribution in [3.05, 3.63) is 0 Å². The molecule has 0 amide bonds. The van der Waals surface area contributed by atoms with E-state index in [-0.39, 0.29) is 6.67 Å². The van der Waals surface area contributed by atoms with Gasteiger partial charge in [-0.25, -0.2) is 0 Å². The van der Waals surface area contributed by atoms with E-state index in [1.807, 2.05) is 0 Å². The largest absolute Gasteiger partial charge is 0.316 e. The number of nitrogens with one attached hydrogen (secondary N) is 1. The Morgan fingerprint density at radius 1 is 1.67 bits per heavy atom. The summed E-state index contributed by atoms with van der Waals surface area (Å²) >= 11 is 0. The molecule has 0 aliphatic carbocycles. The highest BCUT2D eigenvalue weighted by Gasteiger charge is 1.80. The van der Waals surface area contributed by atoms with E-state index in [0.29, 0.717) is 0 Å². The van der Waals surface area contributed by atoms with Crippen LogP contribution in [-0.4, -0.2) is 11.8 Å². The molecular formula is CH9N5. The molecule has 5 heteroatoms. The van der Waals surface area contributed by atoms with Gasteiger partial charge in [-0.3, -0.25) is 11.7 Å². The fraction of sp³-hybridized carbons (Fsp3) is 1.00. The van der Waals surface area contributed by atoms with Gasteiger partial charge in [-0.05, 0) is 0 Å². The minimum Gasteiger partial charge on any atom is -0.316 e. The van der Waals surface area contributed by atoms with Crippen LogP contribution < -0.4 is 23.0 Å². The quantitative estimate of drug-likeness (QED) is 0.171. The molecule has 0 saturated heterocycles. The van der Waals surface area contributed by atoms with Crippen molar-refractivity contribution in [2.75, 3.05) is 6.67 Å². The molecule has 0 heterocycles. The van der Waals surface area contributed by atoms with E-state index in [0.717, 1.165) is 5.12 Å². The van der Waals surface area contributed by atoms with E-state index in [4.69, 9.17) is 17.4 Å². The Morgan fingerprint density at radius 2 is 2.17 bits per heavy atom. The molecule has 0 bridgehead atoms. The Balaban J connectivity index is 2.75. The summed E-state index contributed by atoms with van der Waals surface area (Å²) in [5.74, 6) is 9.70. The maximum atomic E-state index is 4.94. The topological polar surface area (TPSA) is 93.3 Å². The van der Waals surface area contributed by atoms with Crippen LogP contribution in [0.3, 0.4) is 0 Å². The molecule has 0 aliphatic heterocycles. The van der Waals surface area contributed by atoms with Crippen LogP contribution >= 0.6 is 0 Å². The lowest BCUT2D eigenvalue weighted by atomic mass is 11.2. The lowest BCUT2D eigenvalue weighted by Gasteiger charge is -2.08. The van der Waals surface area contributed by atoms with Crippen LogP contribution in [0.5, 0.6) is 0 Å². The molecule has 0 unspecified atom stereocenters. The molecule has 0 rings (SSSR count). The fourth-order valence-corrected chi connectivity index (χ4v) is 0.0527. The molecule has 7 N–H and O–H groups in total. The first-order valence-electron chi connectivity index (χ1n) is 1.49. The monoisotopic (exact) mass is 91.1 g/mol. The van der Waals surface area contributed by atoms with Crippen molar-refractivity contribution in [3.63, 3.8) is 0 Å². The molecule has 0 saturated carbocycles. The van der Waals surface area contributed by atoms with Crippen LogP contribution in [0.15, 0.2) is 0 Å². The third-order valence-corrected chi connectivity index (χ3v) is 0.363. The second kappa shape index (κ2) is 3.01. The predicted octanol–water partition coefficient (Wildman–Crippen LogP) is -2.54. The number of hydrazine groups is 3. The van der Waals surface area contributed by atoms with Gasteiger partial charge in [0.05, 0.1) is 6.67 Å². The van der Waals surface area contributed by atoms with Gasteiger partial charge in [0.1, 0.15) is 0 Å². The van der Waals surface area contributed by atoms with E-state index in [1.165, 1.54) is 0 Å². The van der Waals surface area contributed by atoms with Gasteiger partial charge in [0.2, 0.25) is 0 Å². The standard InChI is InChI=1S/CH9N5/c2-1-6(4)5-3/h5H,1-4H2. The van der Waals surface area contributed by atoms with Crippen LogP contribution in [0.1, 0.15) is 0 Å². The highest BCUT2D eigenvalue weighted by atomic mass is 15.8. The summed E-state index contributed by atoms with van der Waals surface area (Å²) in [6.45, 7) is 0.205. The average molecular weight is 91.1 g/mol. The van der Waals surface area contributed by atoms with Gasteiger partial charge in [0.25, 0.3) is 0 Å². The smallest absolute Gasteiger partial charge is 0.0766 e. The van der Waals surface area contributed by atoms with E-state index in [2.05, 4.69) is 5.53 Å². The molecular weight excluding hydrogens is 82.0 g/mol. The van der Waals surface area contributed by atoms with E-state index >= 15 is 0 Å². The van der Waals surface area contributed by atoms with Crippen molar-refractivity contribution in [1.82, 2.24) is 10.7 Å². The second-order valence-corrected chi connectivity index (χ2v) is 0.781. The zero-order valence-electron chi connectivity index (χ0n) is 3.39. The second-order valence-electron chi connectivity index (χ2n) is 0.781. The maximum absolute atomic E-state index is 4.94. The summed E-state index contributed by atoms with van der Waals surface area (Å²) in [4.78, 5) is 0. The zero-order valence-corrected chi connectivity index (χ0v) is 3.39. The van der Waals surface area contributed by atoms with Crippen molar-refractivity contribution in [2.45, 2.75) is 0 Å². The van der Waals surface area contributed by atoms with E-state index < -0.39 is 0 Å². The zero-order chi connectivity index (χ0) is 4.99.